The number of ether oxygens (including phenoxy) is 2. The van der Waals surface area contributed by atoms with Gasteiger partial charge >= 0.3 is 0 Å². The molecule has 1 saturated heterocycles. The van der Waals surface area contributed by atoms with Gasteiger partial charge in [-0.2, -0.15) is 5.10 Å². The quantitative estimate of drug-likeness (QED) is 0.627. The molecule has 0 aromatic carbocycles. The van der Waals surface area contributed by atoms with E-state index in [9.17, 15) is 4.79 Å². The predicted octanol–water partition coefficient (Wildman–Crippen LogP) is 2.34. The lowest BCUT2D eigenvalue weighted by atomic mass is 10.1. The highest BCUT2D eigenvalue weighted by Crippen LogP contribution is 2.29. The summed E-state index contributed by atoms with van der Waals surface area (Å²) in [6.07, 6.45) is 8.23. The van der Waals surface area contributed by atoms with E-state index in [0.29, 0.717) is 30.7 Å². The second-order valence-corrected chi connectivity index (χ2v) is 7.32. The Morgan fingerprint density at radius 1 is 1.04 bits per heavy atom. The molecule has 0 radical (unpaired) electrons. The van der Waals surface area contributed by atoms with Gasteiger partial charge in [-0.1, -0.05) is 0 Å². The molecule has 2 aliphatic rings. The Labute approximate surface area is 162 Å². The molecular formula is C20H21N5O3. The summed E-state index contributed by atoms with van der Waals surface area (Å²) < 4.78 is 13.1. The van der Waals surface area contributed by atoms with E-state index in [2.05, 4.69) is 15.1 Å². The van der Waals surface area contributed by atoms with Gasteiger partial charge in [0.1, 0.15) is 12.1 Å². The Bertz CT molecular complexity index is 983. The number of carbonyl (C=O) groups is 1. The van der Waals surface area contributed by atoms with Gasteiger partial charge in [0.15, 0.2) is 5.65 Å². The number of rotatable bonds is 7. The number of amides is 1. The summed E-state index contributed by atoms with van der Waals surface area (Å²) in [5.41, 5.74) is 1.58. The van der Waals surface area contributed by atoms with Gasteiger partial charge in [-0.05, 0) is 43.4 Å². The van der Waals surface area contributed by atoms with Crippen molar-refractivity contribution in [3.8, 4) is 11.6 Å². The first kappa shape index (κ1) is 17.0. The normalized spacial score (nSPS) is 19.4. The molecule has 8 nitrogen and oxygen atoms in total. The van der Waals surface area contributed by atoms with Crippen molar-refractivity contribution in [3.05, 3.63) is 43.0 Å². The third-order valence-corrected chi connectivity index (χ3v) is 5.21. The van der Waals surface area contributed by atoms with Gasteiger partial charge < -0.3 is 14.4 Å². The summed E-state index contributed by atoms with van der Waals surface area (Å²) in [6.45, 7) is 1.74. The first-order valence-corrected chi connectivity index (χ1v) is 9.59. The van der Waals surface area contributed by atoms with Crippen molar-refractivity contribution >= 4 is 17.2 Å². The van der Waals surface area contributed by atoms with E-state index in [-0.39, 0.29) is 11.8 Å². The smallest absolute Gasteiger partial charge is 0.233 e. The Balaban J connectivity index is 1.17. The predicted molar refractivity (Wildman–Crippen MR) is 101 cm³/mol. The molecule has 1 unspecified atom stereocenters. The highest BCUT2D eigenvalue weighted by Gasteiger charge is 2.33. The maximum Gasteiger partial charge on any atom is 0.233 e. The summed E-state index contributed by atoms with van der Waals surface area (Å²) in [4.78, 5) is 23.0. The van der Waals surface area contributed by atoms with Crippen LogP contribution in [0.25, 0.3) is 5.65 Å². The second kappa shape index (κ2) is 7.10. The second-order valence-electron chi connectivity index (χ2n) is 7.32. The third kappa shape index (κ3) is 3.49. The largest absolute Gasteiger partial charge is 0.491 e. The average molecular weight is 379 g/mol. The lowest BCUT2D eigenvalue weighted by molar-refractivity contribution is -0.121. The van der Waals surface area contributed by atoms with E-state index in [1.54, 1.807) is 15.6 Å². The van der Waals surface area contributed by atoms with Crippen LogP contribution in [0, 0.1) is 11.8 Å². The zero-order valence-electron chi connectivity index (χ0n) is 15.4. The van der Waals surface area contributed by atoms with Crippen LogP contribution >= 0.6 is 0 Å². The molecule has 1 amide bonds. The van der Waals surface area contributed by atoms with Crippen LogP contribution < -0.4 is 14.4 Å². The Morgan fingerprint density at radius 3 is 2.79 bits per heavy atom. The standard InChI is InChI=1S/C20H21N5O3/c26-20-15(7-8-24(20)16-3-5-18-22-13-23-25(18)10-16)12-27-17-4-6-19(21-9-17)28-11-14-1-2-14/h3-6,9-10,13-15H,1-2,7-8,11-12H2. The molecule has 5 rings (SSSR count). The van der Waals surface area contributed by atoms with E-state index in [1.807, 2.05) is 30.5 Å². The van der Waals surface area contributed by atoms with Crippen molar-refractivity contribution in [2.75, 3.05) is 24.7 Å². The van der Waals surface area contributed by atoms with Gasteiger partial charge in [0.25, 0.3) is 0 Å². The SMILES string of the molecule is O=C1C(COc2ccc(OCC3CC3)nc2)CCN1c1ccc2ncnn2c1. The van der Waals surface area contributed by atoms with Gasteiger partial charge in [0, 0.05) is 12.6 Å². The minimum atomic E-state index is -0.169. The average Bonchev–Trinajstić information content (AvgIpc) is 3.31. The molecule has 28 heavy (non-hydrogen) atoms. The molecule has 1 aliphatic carbocycles. The Hall–Kier alpha value is -3.16. The van der Waals surface area contributed by atoms with Gasteiger partial charge in [-0.15, -0.1) is 0 Å². The summed E-state index contributed by atoms with van der Waals surface area (Å²) >= 11 is 0. The molecule has 4 heterocycles. The summed E-state index contributed by atoms with van der Waals surface area (Å²) in [6, 6.07) is 7.41. The van der Waals surface area contributed by atoms with Crippen molar-refractivity contribution in [1.82, 2.24) is 19.6 Å². The lowest BCUT2D eigenvalue weighted by Gasteiger charge is -2.17. The molecule has 0 spiro atoms. The van der Waals surface area contributed by atoms with E-state index >= 15 is 0 Å². The van der Waals surface area contributed by atoms with Crippen LogP contribution in [-0.2, 0) is 4.79 Å². The minimum absolute atomic E-state index is 0.0665. The fourth-order valence-electron chi connectivity index (χ4n) is 3.34. The van der Waals surface area contributed by atoms with Crippen LogP contribution in [0.4, 0.5) is 5.69 Å². The molecule has 1 saturated carbocycles. The summed E-state index contributed by atoms with van der Waals surface area (Å²) in [7, 11) is 0. The fraction of sp³-hybridized carbons (Fsp3) is 0.400. The lowest BCUT2D eigenvalue weighted by Crippen LogP contribution is -2.29. The molecule has 0 N–H and O–H groups in total. The van der Waals surface area contributed by atoms with E-state index in [1.165, 1.54) is 19.2 Å². The number of pyridine rings is 2. The van der Waals surface area contributed by atoms with Crippen molar-refractivity contribution in [2.45, 2.75) is 19.3 Å². The molecule has 2 fully saturated rings. The van der Waals surface area contributed by atoms with Crippen molar-refractivity contribution in [2.24, 2.45) is 11.8 Å². The highest BCUT2D eigenvalue weighted by molar-refractivity contribution is 5.97. The van der Waals surface area contributed by atoms with Gasteiger partial charge in [0.2, 0.25) is 11.8 Å². The van der Waals surface area contributed by atoms with Gasteiger partial charge in [0.05, 0.1) is 37.2 Å². The number of fused-ring (bicyclic) bond motifs is 1. The minimum Gasteiger partial charge on any atom is -0.491 e. The Kier molecular flexibility index (Phi) is 4.31. The number of hydrogen-bond acceptors (Lipinski definition) is 6. The summed E-state index contributed by atoms with van der Waals surface area (Å²) in [5, 5.41) is 4.13. The molecule has 144 valence electrons. The van der Waals surface area contributed by atoms with E-state index in [4.69, 9.17) is 9.47 Å². The van der Waals surface area contributed by atoms with E-state index < -0.39 is 0 Å². The van der Waals surface area contributed by atoms with Gasteiger partial charge in [-0.3, -0.25) is 4.79 Å². The van der Waals surface area contributed by atoms with Crippen LogP contribution in [0.1, 0.15) is 19.3 Å². The zero-order valence-corrected chi connectivity index (χ0v) is 15.4. The zero-order chi connectivity index (χ0) is 18.9. The van der Waals surface area contributed by atoms with Gasteiger partial charge in [-0.25, -0.2) is 14.5 Å². The maximum absolute atomic E-state index is 12.8. The van der Waals surface area contributed by atoms with Crippen molar-refractivity contribution in [3.63, 3.8) is 0 Å². The number of nitrogens with zero attached hydrogens (tertiary/aromatic N) is 5. The van der Waals surface area contributed by atoms with Crippen LogP contribution in [0.2, 0.25) is 0 Å². The molecule has 8 heteroatoms. The number of aromatic nitrogens is 4. The maximum atomic E-state index is 12.8. The highest BCUT2D eigenvalue weighted by atomic mass is 16.5. The Morgan fingerprint density at radius 2 is 1.96 bits per heavy atom. The number of hydrogen-bond donors (Lipinski definition) is 0. The first-order chi connectivity index (χ1) is 13.8. The summed E-state index contributed by atoms with van der Waals surface area (Å²) in [5.74, 6) is 1.85. The molecule has 1 aliphatic heterocycles. The van der Waals surface area contributed by atoms with Crippen LogP contribution in [0.15, 0.2) is 43.0 Å². The first-order valence-electron chi connectivity index (χ1n) is 9.59. The van der Waals surface area contributed by atoms with E-state index in [0.717, 1.165) is 24.4 Å². The van der Waals surface area contributed by atoms with Crippen LogP contribution in [-0.4, -0.2) is 45.2 Å². The topological polar surface area (TPSA) is 81.9 Å². The third-order valence-electron chi connectivity index (χ3n) is 5.21. The van der Waals surface area contributed by atoms with Crippen LogP contribution in [0.3, 0.4) is 0 Å². The van der Waals surface area contributed by atoms with Crippen LogP contribution in [0.5, 0.6) is 11.6 Å². The molecule has 3 aromatic heterocycles. The molecule has 3 aromatic rings. The van der Waals surface area contributed by atoms with Crippen molar-refractivity contribution < 1.29 is 14.3 Å². The number of carbonyl (C=O) groups excluding carboxylic acids is 1. The fourth-order valence-corrected chi connectivity index (χ4v) is 3.34. The molecular weight excluding hydrogens is 358 g/mol. The monoisotopic (exact) mass is 379 g/mol. The molecule has 0 bridgehead atoms. The molecule has 1 atom stereocenters. The number of anilines is 1. The van der Waals surface area contributed by atoms with Crippen molar-refractivity contribution in [1.29, 1.82) is 0 Å².